The zero-order valence-electron chi connectivity index (χ0n) is 9.68. The molecule has 4 nitrogen and oxygen atoms in total. The van der Waals surface area contributed by atoms with E-state index < -0.39 is 11.4 Å². The molecule has 17 heavy (non-hydrogen) atoms. The van der Waals surface area contributed by atoms with E-state index in [0.29, 0.717) is 0 Å². The van der Waals surface area contributed by atoms with Crippen LogP contribution in [0.2, 0.25) is 0 Å². The molecule has 1 heterocycles. The highest BCUT2D eigenvalue weighted by atomic mass is 16.5. The molecule has 0 radical (unpaired) electrons. The van der Waals surface area contributed by atoms with E-state index in [1.54, 1.807) is 6.08 Å². The number of esters is 1. The number of amides is 1. The third-order valence-corrected chi connectivity index (χ3v) is 3.42. The Labute approximate surface area is 100 Å². The van der Waals surface area contributed by atoms with Crippen LogP contribution in [0, 0.1) is 11.3 Å². The van der Waals surface area contributed by atoms with E-state index in [1.165, 1.54) is 7.11 Å². The summed E-state index contributed by atoms with van der Waals surface area (Å²) in [7, 11) is 1.30. The lowest BCUT2D eigenvalue weighted by Crippen LogP contribution is -2.43. The Hall–Kier alpha value is -1.84. The summed E-state index contributed by atoms with van der Waals surface area (Å²) < 4.78 is 4.80. The third-order valence-electron chi connectivity index (χ3n) is 3.42. The summed E-state index contributed by atoms with van der Waals surface area (Å²) in [5.41, 5.74) is -1.16. The van der Waals surface area contributed by atoms with Crippen molar-refractivity contribution in [3.8, 4) is 0 Å². The van der Waals surface area contributed by atoms with Gasteiger partial charge in [0.05, 0.1) is 13.2 Å². The second-order valence-electron chi connectivity index (χ2n) is 4.25. The zero-order valence-corrected chi connectivity index (χ0v) is 9.68. The minimum atomic E-state index is -1.16. The second kappa shape index (κ2) is 4.20. The van der Waals surface area contributed by atoms with Crippen LogP contribution in [0.5, 0.6) is 0 Å². The molecule has 2 aliphatic rings. The fraction of sp³-hybridized carbons (Fsp3) is 0.385. The summed E-state index contributed by atoms with van der Waals surface area (Å²) in [6.45, 7) is 3.63. The minimum Gasteiger partial charge on any atom is -0.468 e. The highest BCUT2D eigenvalue weighted by Crippen LogP contribution is 2.43. The van der Waals surface area contributed by atoms with Crippen LogP contribution in [0.25, 0.3) is 0 Å². The lowest BCUT2D eigenvalue weighted by atomic mass is 9.71. The Kier molecular flexibility index (Phi) is 2.88. The summed E-state index contributed by atoms with van der Waals surface area (Å²) >= 11 is 0. The number of allylic oxidation sites excluding steroid dienone is 3. The maximum Gasteiger partial charge on any atom is 0.322 e. The Bertz CT molecular complexity index is 424. The van der Waals surface area contributed by atoms with Crippen molar-refractivity contribution < 1.29 is 14.3 Å². The van der Waals surface area contributed by atoms with Gasteiger partial charge in [-0.25, -0.2) is 0 Å². The van der Waals surface area contributed by atoms with Crippen LogP contribution >= 0.6 is 0 Å². The predicted molar refractivity (Wildman–Crippen MR) is 63.0 cm³/mol. The summed E-state index contributed by atoms with van der Waals surface area (Å²) in [6, 6.07) is -0.133. The van der Waals surface area contributed by atoms with Gasteiger partial charge in [0.15, 0.2) is 5.41 Å². The highest BCUT2D eigenvalue weighted by molar-refractivity contribution is 6.05. The number of hydrogen-bond acceptors (Lipinski definition) is 3. The molecule has 3 atom stereocenters. The average molecular weight is 233 g/mol. The number of nitrogens with one attached hydrogen (secondary N) is 1. The summed E-state index contributed by atoms with van der Waals surface area (Å²) in [5, 5.41) is 2.82. The van der Waals surface area contributed by atoms with Crippen molar-refractivity contribution in [2.24, 2.45) is 11.3 Å². The van der Waals surface area contributed by atoms with Gasteiger partial charge >= 0.3 is 5.97 Å². The molecule has 0 aromatic heterocycles. The van der Waals surface area contributed by atoms with Crippen molar-refractivity contribution >= 4 is 11.9 Å². The van der Waals surface area contributed by atoms with Gasteiger partial charge in [-0.2, -0.15) is 0 Å². The molecular formula is C13H15NO3. The number of hydrogen-bond donors (Lipinski definition) is 1. The van der Waals surface area contributed by atoms with Gasteiger partial charge in [-0.3, -0.25) is 9.59 Å². The second-order valence-corrected chi connectivity index (χ2v) is 4.25. The Morgan fingerprint density at radius 1 is 1.59 bits per heavy atom. The molecule has 1 saturated heterocycles. The molecule has 1 amide bonds. The van der Waals surface area contributed by atoms with Crippen LogP contribution in [0.1, 0.15) is 6.42 Å². The predicted octanol–water partition coefficient (Wildman–Crippen LogP) is 0.962. The van der Waals surface area contributed by atoms with Crippen LogP contribution in [0.4, 0.5) is 0 Å². The van der Waals surface area contributed by atoms with Gasteiger partial charge in [-0.1, -0.05) is 30.4 Å². The number of fused-ring (bicyclic) bond motifs is 1. The maximum atomic E-state index is 12.1. The summed E-state index contributed by atoms with van der Waals surface area (Å²) in [6.07, 6.45) is 9.35. The number of carbonyl (C=O) groups is 2. The van der Waals surface area contributed by atoms with Crippen molar-refractivity contribution in [2.75, 3.05) is 7.11 Å². The van der Waals surface area contributed by atoms with E-state index in [-0.39, 0.29) is 24.3 Å². The molecule has 1 N–H and O–H groups in total. The smallest absolute Gasteiger partial charge is 0.322 e. The summed E-state index contributed by atoms with van der Waals surface area (Å²) in [5.74, 6) is -0.983. The number of carbonyl (C=O) groups excluding carboxylic acids is 2. The summed E-state index contributed by atoms with van der Waals surface area (Å²) in [4.78, 5) is 24.1. The lowest BCUT2D eigenvalue weighted by Gasteiger charge is -2.28. The van der Waals surface area contributed by atoms with E-state index in [0.717, 1.165) is 0 Å². The molecule has 4 heteroatoms. The number of rotatable bonds is 3. The van der Waals surface area contributed by atoms with Crippen LogP contribution in [-0.4, -0.2) is 25.0 Å². The first-order valence-electron chi connectivity index (χ1n) is 5.52. The first-order chi connectivity index (χ1) is 8.16. The molecule has 0 bridgehead atoms. The molecule has 2 rings (SSSR count). The molecule has 0 aromatic carbocycles. The molecule has 1 aliphatic heterocycles. The van der Waals surface area contributed by atoms with Gasteiger partial charge in [0.25, 0.3) is 0 Å². The Morgan fingerprint density at radius 2 is 2.29 bits per heavy atom. The highest BCUT2D eigenvalue weighted by Gasteiger charge is 2.59. The van der Waals surface area contributed by atoms with E-state index >= 15 is 0 Å². The SMILES string of the molecule is C=CCC1(C(=O)OC)C(=O)NC2C=CC=CC21. The Balaban J connectivity index is 2.46. The van der Waals surface area contributed by atoms with E-state index in [9.17, 15) is 9.59 Å². The topological polar surface area (TPSA) is 55.4 Å². The van der Waals surface area contributed by atoms with Gasteiger partial charge < -0.3 is 10.1 Å². The van der Waals surface area contributed by atoms with Gasteiger partial charge in [-0.15, -0.1) is 6.58 Å². The van der Waals surface area contributed by atoms with Crippen molar-refractivity contribution in [3.05, 3.63) is 37.0 Å². The molecule has 1 fully saturated rings. The molecule has 0 aromatic rings. The van der Waals surface area contributed by atoms with Crippen molar-refractivity contribution in [3.63, 3.8) is 0 Å². The van der Waals surface area contributed by atoms with Crippen LogP contribution in [0.15, 0.2) is 37.0 Å². The molecule has 1 aliphatic carbocycles. The first-order valence-corrected chi connectivity index (χ1v) is 5.52. The van der Waals surface area contributed by atoms with Gasteiger partial charge in [0.2, 0.25) is 5.91 Å². The van der Waals surface area contributed by atoms with Crippen molar-refractivity contribution in [1.29, 1.82) is 0 Å². The van der Waals surface area contributed by atoms with Crippen molar-refractivity contribution in [1.82, 2.24) is 5.32 Å². The maximum absolute atomic E-state index is 12.1. The van der Waals surface area contributed by atoms with Crippen molar-refractivity contribution in [2.45, 2.75) is 12.5 Å². The van der Waals surface area contributed by atoms with Gasteiger partial charge in [0, 0.05) is 5.92 Å². The number of ether oxygens (including phenoxy) is 1. The minimum absolute atomic E-state index is 0.133. The standard InChI is InChI=1S/C13H15NO3/c1-3-8-13(12(16)17-2)9-6-4-5-7-10(9)14-11(13)15/h3-7,9-10H,1,8H2,2H3,(H,14,15). The van der Waals surface area contributed by atoms with Crippen LogP contribution < -0.4 is 5.32 Å². The fourth-order valence-electron chi connectivity index (χ4n) is 2.60. The average Bonchev–Trinajstić information content (AvgIpc) is 2.63. The molecule has 90 valence electrons. The van der Waals surface area contributed by atoms with Gasteiger partial charge in [0.1, 0.15) is 0 Å². The largest absolute Gasteiger partial charge is 0.468 e. The van der Waals surface area contributed by atoms with E-state index in [1.807, 2.05) is 24.3 Å². The lowest BCUT2D eigenvalue weighted by molar-refractivity contribution is -0.158. The first kappa shape index (κ1) is 11.6. The van der Waals surface area contributed by atoms with Crippen LogP contribution in [0.3, 0.4) is 0 Å². The Morgan fingerprint density at radius 3 is 2.94 bits per heavy atom. The van der Waals surface area contributed by atoms with E-state index in [2.05, 4.69) is 11.9 Å². The van der Waals surface area contributed by atoms with E-state index in [4.69, 9.17) is 4.74 Å². The molecule has 0 saturated carbocycles. The third kappa shape index (κ3) is 1.52. The molecule has 0 spiro atoms. The fourth-order valence-corrected chi connectivity index (χ4v) is 2.60. The zero-order chi connectivity index (χ0) is 12.5. The van der Waals surface area contributed by atoms with Crippen LogP contribution in [-0.2, 0) is 14.3 Å². The molecule has 3 unspecified atom stereocenters. The van der Waals surface area contributed by atoms with Gasteiger partial charge in [-0.05, 0) is 6.42 Å². The normalized spacial score (nSPS) is 34.1. The monoisotopic (exact) mass is 233 g/mol. The quantitative estimate of drug-likeness (QED) is 0.449. The molecular weight excluding hydrogens is 218 g/mol. The number of methoxy groups -OCH3 is 1.